The summed E-state index contributed by atoms with van der Waals surface area (Å²) >= 11 is 0. The lowest BCUT2D eigenvalue weighted by Crippen LogP contribution is -2.43. The molecule has 0 atom stereocenters. The summed E-state index contributed by atoms with van der Waals surface area (Å²) in [7, 11) is -3.82. The lowest BCUT2D eigenvalue weighted by molar-refractivity contribution is 0.0421. The third kappa shape index (κ3) is 5.20. The monoisotopic (exact) mass is 594 g/mol. The second-order valence-electron chi connectivity index (χ2n) is 10.7. The summed E-state index contributed by atoms with van der Waals surface area (Å²) in [6.45, 7) is 2.00. The van der Waals surface area contributed by atoms with Crippen LogP contribution in [0.15, 0.2) is 60.9 Å². The number of piperidine rings is 1. The van der Waals surface area contributed by atoms with Crippen molar-refractivity contribution in [3.63, 3.8) is 0 Å². The molecule has 13 heteroatoms. The Kier molecular flexibility index (Phi) is 6.92. The molecular weight excluding hydrogens is 566 g/mol. The Morgan fingerprint density at radius 2 is 1.74 bits per heavy atom. The zero-order valence-corrected chi connectivity index (χ0v) is 23.5. The van der Waals surface area contributed by atoms with Gasteiger partial charge in [-0.05, 0) is 49.1 Å². The molecule has 4 aromatic rings. The van der Waals surface area contributed by atoms with E-state index in [9.17, 15) is 22.4 Å². The standard InChI is InChI=1S/C29H28F2N6O4S/c1-18-15-20(30)7-10-24(18)34-26-23(28(39)36-13-11-29(31,12-14-36)19-5-3-2-4-6-19)16-32-25-22(17-33-37(25)26)27(38)35-42(40,41)21-8-9-21/h2-7,10,15-17,21,34H,8-9,11-14H2,1H3,(H,35,38). The number of alkyl halides is 1. The number of benzene rings is 2. The van der Waals surface area contributed by atoms with Crippen molar-refractivity contribution in [2.24, 2.45) is 0 Å². The minimum Gasteiger partial charge on any atom is -0.339 e. The van der Waals surface area contributed by atoms with E-state index in [1.165, 1.54) is 40.0 Å². The van der Waals surface area contributed by atoms with Crippen LogP contribution < -0.4 is 10.0 Å². The van der Waals surface area contributed by atoms with E-state index in [-0.39, 0.29) is 48.5 Å². The number of nitrogens with one attached hydrogen (secondary N) is 2. The number of rotatable bonds is 7. The van der Waals surface area contributed by atoms with E-state index in [1.807, 2.05) is 6.07 Å². The van der Waals surface area contributed by atoms with Crippen molar-refractivity contribution in [3.05, 3.63) is 89.0 Å². The minimum absolute atomic E-state index is 0.0165. The highest BCUT2D eigenvalue weighted by Gasteiger charge is 2.39. The van der Waals surface area contributed by atoms with E-state index in [2.05, 4.69) is 20.1 Å². The summed E-state index contributed by atoms with van der Waals surface area (Å²) in [5.74, 6) is -1.61. The van der Waals surface area contributed by atoms with Crippen LogP contribution >= 0.6 is 0 Å². The zero-order valence-electron chi connectivity index (χ0n) is 22.7. The number of amides is 2. The Bertz CT molecular complexity index is 1800. The number of hydrogen-bond acceptors (Lipinski definition) is 7. The van der Waals surface area contributed by atoms with E-state index in [4.69, 9.17) is 0 Å². The molecule has 2 aromatic carbocycles. The van der Waals surface area contributed by atoms with E-state index in [0.29, 0.717) is 29.7 Å². The van der Waals surface area contributed by atoms with Gasteiger partial charge in [0.2, 0.25) is 10.0 Å². The number of hydrogen-bond donors (Lipinski definition) is 2. The highest BCUT2D eigenvalue weighted by atomic mass is 32.2. The Morgan fingerprint density at radius 3 is 2.40 bits per heavy atom. The van der Waals surface area contributed by atoms with Gasteiger partial charge in [-0.15, -0.1) is 0 Å². The third-order valence-electron chi connectivity index (χ3n) is 7.78. The van der Waals surface area contributed by atoms with Gasteiger partial charge in [-0.3, -0.25) is 9.59 Å². The first kappa shape index (κ1) is 27.8. The van der Waals surface area contributed by atoms with Crippen LogP contribution in [0.3, 0.4) is 0 Å². The Morgan fingerprint density at radius 1 is 1.02 bits per heavy atom. The van der Waals surface area contributed by atoms with E-state index < -0.39 is 38.6 Å². The van der Waals surface area contributed by atoms with Crippen LogP contribution in [-0.2, 0) is 15.7 Å². The molecule has 0 radical (unpaired) electrons. The predicted molar refractivity (Wildman–Crippen MR) is 151 cm³/mol. The van der Waals surface area contributed by atoms with Crippen molar-refractivity contribution < 1.29 is 26.8 Å². The number of sulfonamides is 1. The van der Waals surface area contributed by atoms with Gasteiger partial charge < -0.3 is 10.2 Å². The maximum Gasteiger partial charge on any atom is 0.270 e. The molecule has 6 rings (SSSR count). The molecule has 1 aliphatic carbocycles. The van der Waals surface area contributed by atoms with Crippen molar-refractivity contribution in [1.82, 2.24) is 24.2 Å². The maximum atomic E-state index is 15.8. The molecule has 1 saturated carbocycles. The van der Waals surface area contributed by atoms with Gasteiger partial charge in [0.1, 0.15) is 28.4 Å². The fourth-order valence-electron chi connectivity index (χ4n) is 5.17. The normalized spacial score (nSPS) is 16.8. The fourth-order valence-corrected chi connectivity index (χ4v) is 6.46. The van der Waals surface area contributed by atoms with Crippen LogP contribution in [0.1, 0.15) is 57.5 Å². The molecule has 1 aliphatic heterocycles. The zero-order chi connectivity index (χ0) is 29.6. The molecule has 218 valence electrons. The van der Waals surface area contributed by atoms with Crippen molar-refractivity contribution >= 4 is 39.0 Å². The number of carbonyl (C=O) groups excluding carboxylic acids is 2. The van der Waals surface area contributed by atoms with Gasteiger partial charge in [0, 0.05) is 37.8 Å². The molecule has 2 aromatic heterocycles. The van der Waals surface area contributed by atoms with Gasteiger partial charge in [0.25, 0.3) is 11.8 Å². The van der Waals surface area contributed by atoms with Crippen LogP contribution in [0.2, 0.25) is 0 Å². The quantitative estimate of drug-likeness (QED) is 0.328. The number of fused-ring (bicyclic) bond motifs is 1. The van der Waals surface area contributed by atoms with Crippen LogP contribution in [0.25, 0.3) is 5.65 Å². The fraction of sp³-hybridized carbons (Fsp3) is 0.310. The average molecular weight is 595 g/mol. The van der Waals surface area contributed by atoms with E-state index in [1.54, 1.807) is 31.2 Å². The van der Waals surface area contributed by atoms with Crippen LogP contribution in [0.5, 0.6) is 0 Å². The van der Waals surface area contributed by atoms with Crippen molar-refractivity contribution in [2.75, 3.05) is 18.4 Å². The van der Waals surface area contributed by atoms with Gasteiger partial charge in [0.05, 0.1) is 11.4 Å². The Labute approximate surface area is 240 Å². The predicted octanol–water partition coefficient (Wildman–Crippen LogP) is 4.24. The average Bonchev–Trinajstić information content (AvgIpc) is 3.75. The number of anilines is 2. The smallest absolute Gasteiger partial charge is 0.270 e. The summed E-state index contributed by atoms with van der Waals surface area (Å²) in [5, 5.41) is 6.78. The van der Waals surface area contributed by atoms with E-state index in [0.717, 1.165) is 0 Å². The SMILES string of the molecule is Cc1cc(F)ccc1Nc1c(C(=O)N2CCC(F)(c3ccccc3)CC2)cnc2c(C(=O)NS(=O)(=O)C3CC3)cnn12. The molecule has 2 fully saturated rings. The number of carbonyl (C=O) groups is 2. The van der Waals surface area contributed by atoms with Crippen LogP contribution in [-0.4, -0.2) is 58.1 Å². The highest BCUT2D eigenvalue weighted by molar-refractivity contribution is 7.91. The lowest BCUT2D eigenvalue weighted by Gasteiger charge is -2.37. The first-order valence-electron chi connectivity index (χ1n) is 13.6. The first-order valence-corrected chi connectivity index (χ1v) is 15.1. The topological polar surface area (TPSA) is 126 Å². The largest absolute Gasteiger partial charge is 0.339 e. The van der Waals surface area contributed by atoms with Gasteiger partial charge in [-0.1, -0.05) is 30.3 Å². The van der Waals surface area contributed by atoms with Crippen molar-refractivity contribution in [2.45, 2.75) is 43.5 Å². The Hall–Kier alpha value is -4.39. The minimum atomic E-state index is -3.82. The summed E-state index contributed by atoms with van der Waals surface area (Å²) in [6.07, 6.45) is 3.64. The summed E-state index contributed by atoms with van der Waals surface area (Å²) in [6, 6.07) is 12.9. The molecule has 3 heterocycles. The number of halogens is 2. The van der Waals surface area contributed by atoms with Gasteiger partial charge >= 0.3 is 0 Å². The molecule has 0 unspecified atom stereocenters. The second-order valence-corrected chi connectivity index (χ2v) is 12.7. The number of nitrogens with zero attached hydrogens (tertiary/aromatic N) is 4. The second kappa shape index (κ2) is 10.5. The maximum absolute atomic E-state index is 15.8. The lowest BCUT2D eigenvalue weighted by atomic mass is 9.86. The first-order chi connectivity index (χ1) is 20.1. The molecule has 2 amide bonds. The summed E-state index contributed by atoms with van der Waals surface area (Å²) in [5.41, 5.74) is 0.0435. The summed E-state index contributed by atoms with van der Waals surface area (Å²) < 4.78 is 57.6. The molecule has 0 spiro atoms. The summed E-state index contributed by atoms with van der Waals surface area (Å²) in [4.78, 5) is 32.6. The highest BCUT2D eigenvalue weighted by Crippen LogP contribution is 2.38. The molecule has 1 saturated heterocycles. The van der Waals surface area contributed by atoms with E-state index >= 15 is 4.39 Å². The number of aromatic nitrogens is 3. The molecular formula is C29H28F2N6O4S. The number of likely N-dealkylation sites (tertiary alicyclic amines) is 1. The van der Waals surface area contributed by atoms with Crippen LogP contribution in [0, 0.1) is 12.7 Å². The van der Waals surface area contributed by atoms with Crippen LogP contribution in [0.4, 0.5) is 20.3 Å². The van der Waals surface area contributed by atoms with Gasteiger partial charge in [-0.2, -0.15) is 9.61 Å². The van der Waals surface area contributed by atoms with Crippen molar-refractivity contribution in [1.29, 1.82) is 0 Å². The van der Waals surface area contributed by atoms with Crippen molar-refractivity contribution in [3.8, 4) is 0 Å². The molecule has 42 heavy (non-hydrogen) atoms. The molecule has 0 bridgehead atoms. The van der Waals surface area contributed by atoms with Gasteiger partial charge in [0.15, 0.2) is 5.65 Å². The molecule has 2 N–H and O–H groups in total. The van der Waals surface area contributed by atoms with Gasteiger partial charge in [-0.25, -0.2) is 26.9 Å². The molecule has 10 nitrogen and oxygen atoms in total. The number of aryl methyl sites for hydroxylation is 1. The Balaban J connectivity index is 1.34. The third-order valence-corrected chi connectivity index (χ3v) is 9.59. The molecule has 2 aliphatic rings.